The van der Waals surface area contributed by atoms with Crippen LogP contribution in [-0.4, -0.2) is 29.7 Å². The van der Waals surface area contributed by atoms with Crippen LogP contribution in [0.3, 0.4) is 0 Å². The van der Waals surface area contributed by atoms with Crippen molar-refractivity contribution in [1.29, 1.82) is 0 Å². The van der Waals surface area contributed by atoms with Crippen LogP contribution in [0.15, 0.2) is 48.1 Å². The monoisotopic (exact) mass is 494 g/mol. The Morgan fingerprint density at radius 1 is 1.25 bits per heavy atom. The summed E-state index contributed by atoms with van der Waals surface area (Å²) in [7, 11) is 1.67. The SMILES string of the molecule is COc1ccc(COCC2=CC=C[C@@]3(C)[C@H](I)[C@H]4OC(=O)[C@H](C)[C@H]4C[C@@H]23)cc1. The summed E-state index contributed by atoms with van der Waals surface area (Å²) in [5.74, 6) is 1.48. The number of carbonyl (C=O) groups excluding carboxylic acids is 1. The van der Waals surface area contributed by atoms with E-state index in [1.165, 1.54) is 5.57 Å². The molecule has 1 saturated carbocycles. The van der Waals surface area contributed by atoms with Gasteiger partial charge in [-0.25, -0.2) is 0 Å². The van der Waals surface area contributed by atoms with Crippen molar-refractivity contribution in [1.82, 2.24) is 0 Å². The van der Waals surface area contributed by atoms with Gasteiger partial charge in [-0.2, -0.15) is 0 Å². The van der Waals surface area contributed by atoms with Gasteiger partial charge < -0.3 is 14.2 Å². The van der Waals surface area contributed by atoms with E-state index in [4.69, 9.17) is 14.2 Å². The predicted octanol–water partition coefficient (Wildman–Crippen LogP) is 4.72. The van der Waals surface area contributed by atoms with Crippen LogP contribution in [0, 0.1) is 23.2 Å². The fourth-order valence-corrected chi connectivity index (χ4v) is 6.21. The number of hydrogen-bond acceptors (Lipinski definition) is 4. The lowest BCUT2D eigenvalue weighted by Gasteiger charge is -2.50. The average Bonchev–Trinajstić information content (AvgIpc) is 2.98. The van der Waals surface area contributed by atoms with E-state index in [0.29, 0.717) is 25.0 Å². The molecule has 0 radical (unpaired) electrons. The number of benzene rings is 1. The maximum Gasteiger partial charge on any atom is 0.309 e. The van der Waals surface area contributed by atoms with E-state index in [-0.39, 0.29) is 27.3 Å². The largest absolute Gasteiger partial charge is 0.497 e. The highest BCUT2D eigenvalue weighted by atomic mass is 127. The van der Waals surface area contributed by atoms with Gasteiger partial charge in [0.05, 0.1) is 30.2 Å². The lowest BCUT2D eigenvalue weighted by atomic mass is 9.58. The first kappa shape index (κ1) is 20.0. The number of esters is 1. The van der Waals surface area contributed by atoms with Crippen molar-refractivity contribution in [3.63, 3.8) is 0 Å². The molecule has 5 heteroatoms. The van der Waals surface area contributed by atoms with Crippen LogP contribution in [0.1, 0.15) is 25.8 Å². The lowest BCUT2D eigenvalue weighted by Crippen LogP contribution is -2.51. The van der Waals surface area contributed by atoms with Crippen molar-refractivity contribution < 1.29 is 19.0 Å². The number of alkyl halides is 1. The maximum atomic E-state index is 12.2. The molecule has 2 fully saturated rings. The second-order valence-electron chi connectivity index (χ2n) is 8.35. The molecule has 0 bridgehead atoms. The number of ether oxygens (including phenoxy) is 3. The molecule has 1 aliphatic heterocycles. The van der Waals surface area contributed by atoms with Gasteiger partial charge >= 0.3 is 5.97 Å². The molecule has 150 valence electrons. The van der Waals surface area contributed by atoms with Crippen molar-refractivity contribution >= 4 is 28.6 Å². The Morgan fingerprint density at radius 2 is 2.00 bits per heavy atom. The number of rotatable bonds is 5. The molecule has 3 aliphatic rings. The van der Waals surface area contributed by atoms with Gasteiger partial charge in [-0.1, -0.05) is 66.8 Å². The van der Waals surface area contributed by atoms with Crippen LogP contribution in [0.2, 0.25) is 0 Å². The maximum absolute atomic E-state index is 12.2. The molecule has 2 aliphatic carbocycles. The van der Waals surface area contributed by atoms with Crippen molar-refractivity contribution in [2.75, 3.05) is 13.7 Å². The molecule has 1 saturated heterocycles. The molecular formula is C23H27IO4. The van der Waals surface area contributed by atoms with E-state index in [1.807, 2.05) is 31.2 Å². The fraction of sp³-hybridized carbons (Fsp3) is 0.522. The first-order valence-corrected chi connectivity index (χ1v) is 11.1. The van der Waals surface area contributed by atoms with Gasteiger partial charge in [0.2, 0.25) is 0 Å². The number of methoxy groups -OCH3 is 1. The molecule has 1 heterocycles. The second-order valence-corrected chi connectivity index (χ2v) is 9.69. The molecule has 0 unspecified atom stereocenters. The Labute approximate surface area is 180 Å². The van der Waals surface area contributed by atoms with E-state index < -0.39 is 0 Å². The molecule has 0 aromatic heterocycles. The van der Waals surface area contributed by atoms with E-state index >= 15 is 0 Å². The van der Waals surface area contributed by atoms with Gasteiger partial charge in [0.15, 0.2) is 0 Å². The smallest absolute Gasteiger partial charge is 0.309 e. The number of hydrogen-bond donors (Lipinski definition) is 0. The highest BCUT2D eigenvalue weighted by molar-refractivity contribution is 14.1. The zero-order valence-corrected chi connectivity index (χ0v) is 18.7. The van der Waals surface area contributed by atoms with E-state index in [9.17, 15) is 4.79 Å². The summed E-state index contributed by atoms with van der Waals surface area (Å²) in [5.41, 5.74) is 2.44. The minimum absolute atomic E-state index is 0.0143. The summed E-state index contributed by atoms with van der Waals surface area (Å²) in [4.78, 5) is 12.2. The standard InChI is InChI=1S/C23H27IO4/c1-14-18-11-19-16(13-27-12-15-6-8-17(26-3)9-7-15)5-4-10-23(19,2)21(24)20(18)28-22(14)25/h4-10,14,18-21H,11-13H2,1-3H3/t14-,18-,19+,20+,21-,23-/m1/s1. The predicted molar refractivity (Wildman–Crippen MR) is 116 cm³/mol. The average molecular weight is 494 g/mol. The number of fused-ring (bicyclic) bond motifs is 2. The molecule has 6 atom stereocenters. The third kappa shape index (κ3) is 3.41. The summed E-state index contributed by atoms with van der Waals surface area (Å²) >= 11 is 2.50. The summed E-state index contributed by atoms with van der Waals surface area (Å²) in [6, 6.07) is 7.98. The first-order valence-electron chi connectivity index (χ1n) is 9.87. The van der Waals surface area contributed by atoms with Crippen LogP contribution >= 0.6 is 22.6 Å². The number of carbonyl (C=O) groups is 1. The van der Waals surface area contributed by atoms with Crippen LogP contribution in [0.5, 0.6) is 5.75 Å². The first-order chi connectivity index (χ1) is 13.4. The Morgan fingerprint density at radius 3 is 2.71 bits per heavy atom. The molecule has 0 amide bonds. The van der Waals surface area contributed by atoms with Crippen molar-refractivity contribution in [2.24, 2.45) is 23.2 Å². The molecular weight excluding hydrogens is 467 g/mol. The normalized spacial score (nSPS) is 36.4. The topological polar surface area (TPSA) is 44.8 Å². The highest BCUT2D eigenvalue weighted by Gasteiger charge is 2.58. The molecule has 0 spiro atoms. The van der Waals surface area contributed by atoms with Crippen LogP contribution in [0.25, 0.3) is 0 Å². The third-order valence-electron chi connectivity index (χ3n) is 6.74. The minimum Gasteiger partial charge on any atom is -0.497 e. The minimum atomic E-state index is -0.0378. The van der Waals surface area contributed by atoms with Gasteiger partial charge in [0, 0.05) is 11.3 Å². The summed E-state index contributed by atoms with van der Waals surface area (Å²) in [6.45, 7) is 5.50. The highest BCUT2D eigenvalue weighted by Crippen LogP contribution is 2.56. The number of allylic oxidation sites excluding steroid dienone is 3. The van der Waals surface area contributed by atoms with Gasteiger partial charge in [-0.05, 0) is 35.6 Å². The van der Waals surface area contributed by atoms with E-state index in [2.05, 4.69) is 47.7 Å². The Hall–Kier alpha value is -1.34. The molecule has 1 aromatic rings. The molecule has 1 aromatic carbocycles. The molecule has 28 heavy (non-hydrogen) atoms. The summed E-state index contributed by atoms with van der Waals surface area (Å²) in [6.07, 6.45) is 7.65. The van der Waals surface area contributed by atoms with Crippen LogP contribution in [-0.2, 0) is 20.9 Å². The van der Waals surface area contributed by atoms with Crippen LogP contribution < -0.4 is 4.74 Å². The van der Waals surface area contributed by atoms with E-state index in [0.717, 1.165) is 17.7 Å². The summed E-state index contributed by atoms with van der Waals surface area (Å²) in [5, 5.41) is 0. The zero-order valence-electron chi connectivity index (χ0n) is 16.6. The zero-order chi connectivity index (χ0) is 19.9. The van der Waals surface area contributed by atoms with Crippen LogP contribution in [0.4, 0.5) is 0 Å². The van der Waals surface area contributed by atoms with Crippen molar-refractivity contribution in [2.45, 2.75) is 36.9 Å². The van der Waals surface area contributed by atoms with Gasteiger partial charge in [0.1, 0.15) is 11.9 Å². The lowest BCUT2D eigenvalue weighted by molar-refractivity contribution is -0.144. The van der Waals surface area contributed by atoms with Crippen molar-refractivity contribution in [3.8, 4) is 5.75 Å². The van der Waals surface area contributed by atoms with Gasteiger partial charge in [-0.3, -0.25) is 4.79 Å². The van der Waals surface area contributed by atoms with E-state index in [1.54, 1.807) is 7.11 Å². The Balaban J connectivity index is 1.45. The fourth-order valence-electron chi connectivity index (χ4n) is 4.89. The summed E-state index contributed by atoms with van der Waals surface area (Å²) < 4.78 is 17.3. The Bertz CT molecular complexity index is 799. The molecule has 4 rings (SSSR count). The van der Waals surface area contributed by atoms with Crippen molar-refractivity contribution in [3.05, 3.63) is 53.6 Å². The Kier molecular flexibility index (Phi) is 5.58. The number of halogens is 1. The third-order valence-corrected chi connectivity index (χ3v) is 8.79. The quantitative estimate of drug-likeness (QED) is 0.338. The molecule has 4 nitrogen and oxygen atoms in total. The second kappa shape index (κ2) is 7.82. The van der Waals surface area contributed by atoms with Gasteiger partial charge in [-0.15, -0.1) is 0 Å². The van der Waals surface area contributed by atoms with Gasteiger partial charge in [0.25, 0.3) is 0 Å². The molecule has 0 N–H and O–H groups in total.